The van der Waals surface area contributed by atoms with E-state index < -0.39 is 10.9 Å². The van der Waals surface area contributed by atoms with Gasteiger partial charge in [0.2, 0.25) is 0 Å². The zero-order chi connectivity index (χ0) is 14.4. The van der Waals surface area contributed by atoms with Crippen molar-refractivity contribution in [3.8, 4) is 0 Å². The molecule has 0 aliphatic heterocycles. The molecule has 0 saturated carbocycles. The van der Waals surface area contributed by atoms with Crippen LogP contribution >= 0.6 is 11.6 Å². The molecule has 0 spiro atoms. The van der Waals surface area contributed by atoms with Gasteiger partial charge in [-0.2, -0.15) is 5.10 Å². The van der Waals surface area contributed by atoms with Crippen molar-refractivity contribution in [1.82, 2.24) is 0 Å². The first-order valence-electron chi connectivity index (χ1n) is 5.37. The fourth-order valence-corrected chi connectivity index (χ4v) is 1.30. The molecule has 0 aromatic heterocycles. The number of nitro groups is 1. The van der Waals surface area contributed by atoms with E-state index in [2.05, 4.69) is 10.5 Å². The molecule has 0 unspecified atom stereocenters. The van der Waals surface area contributed by atoms with Gasteiger partial charge in [0.1, 0.15) is 5.71 Å². The summed E-state index contributed by atoms with van der Waals surface area (Å²) in [4.78, 5) is 21.4. The van der Waals surface area contributed by atoms with Gasteiger partial charge in [-0.25, -0.2) is 4.79 Å². The average molecular weight is 286 g/mol. The molecule has 1 N–H and O–H groups in total. The highest BCUT2D eigenvalue weighted by atomic mass is 35.5. The van der Waals surface area contributed by atoms with E-state index in [9.17, 15) is 14.9 Å². The number of hydrogen-bond acceptors (Lipinski definition) is 6. The summed E-state index contributed by atoms with van der Waals surface area (Å²) in [6, 6.07) is 3.87. The summed E-state index contributed by atoms with van der Waals surface area (Å²) < 4.78 is 4.73. The molecule has 19 heavy (non-hydrogen) atoms. The maximum Gasteiger partial charge on any atom is 0.354 e. The topological polar surface area (TPSA) is 93.8 Å². The van der Waals surface area contributed by atoms with Crippen molar-refractivity contribution in [3.63, 3.8) is 0 Å². The lowest BCUT2D eigenvalue weighted by Gasteiger charge is -2.05. The summed E-state index contributed by atoms with van der Waals surface area (Å²) >= 11 is 5.85. The summed E-state index contributed by atoms with van der Waals surface area (Å²) in [5.74, 6) is -0.573. The van der Waals surface area contributed by atoms with Crippen LogP contribution in [0.2, 0.25) is 5.02 Å². The van der Waals surface area contributed by atoms with Gasteiger partial charge in [-0.15, -0.1) is 0 Å². The fraction of sp³-hybridized carbons (Fsp3) is 0.273. The van der Waals surface area contributed by atoms with Gasteiger partial charge >= 0.3 is 5.97 Å². The summed E-state index contributed by atoms with van der Waals surface area (Å²) in [6.45, 7) is 3.37. The summed E-state index contributed by atoms with van der Waals surface area (Å²) in [5.41, 5.74) is 2.69. The first kappa shape index (κ1) is 14.9. The molecular weight excluding hydrogens is 274 g/mol. The maximum absolute atomic E-state index is 11.3. The van der Waals surface area contributed by atoms with Crippen LogP contribution in [-0.2, 0) is 9.53 Å². The number of nitrogens with zero attached hydrogens (tertiary/aromatic N) is 2. The van der Waals surface area contributed by atoms with Gasteiger partial charge < -0.3 is 4.74 Å². The molecule has 0 radical (unpaired) electrons. The Labute approximate surface area is 114 Å². The van der Waals surface area contributed by atoms with Crippen molar-refractivity contribution >= 4 is 34.7 Å². The molecule has 0 aliphatic carbocycles. The van der Waals surface area contributed by atoms with Crippen LogP contribution in [0, 0.1) is 10.1 Å². The van der Waals surface area contributed by atoms with E-state index >= 15 is 0 Å². The second-order valence-corrected chi connectivity index (χ2v) is 3.86. The molecule has 1 aromatic carbocycles. The summed E-state index contributed by atoms with van der Waals surface area (Å²) in [7, 11) is 0. The standard InChI is InChI=1S/C11H12ClN3O4/c1-3-19-11(16)7(2)13-14-10-6-8(15(17)18)4-5-9(10)12/h4-6,14H,3H2,1-2H3. The van der Waals surface area contributed by atoms with Crippen molar-refractivity contribution in [3.05, 3.63) is 33.3 Å². The van der Waals surface area contributed by atoms with Gasteiger partial charge in [-0.3, -0.25) is 15.5 Å². The van der Waals surface area contributed by atoms with E-state index in [4.69, 9.17) is 16.3 Å². The van der Waals surface area contributed by atoms with Crippen molar-refractivity contribution in [2.24, 2.45) is 5.10 Å². The number of carbonyl (C=O) groups excluding carboxylic acids is 1. The normalized spacial score (nSPS) is 11.0. The number of non-ortho nitro benzene ring substituents is 1. The average Bonchev–Trinajstić information content (AvgIpc) is 2.37. The molecular formula is C11H12ClN3O4. The first-order valence-corrected chi connectivity index (χ1v) is 5.74. The van der Waals surface area contributed by atoms with Crippen LogP contribution in [0.5, 0.6) is 0 Å². The van der Waals surface area contributed by atoms with Crippen LogP contribution in [-0.4, -0.2) is 23.2 Å². The fourth-order valence-electron chi connectivity index (χ4n) is 1.14. The van der Waals surface area contributed by atoms with Crippen molar-refractivity contribution in [2.45, 2.75) is 13.8 Å². The minimum absolute atomic E-state index is 0.0874. The quantitative estimate of drug-likeness (QED) is 0.388. The van der Waals surface area contributed by atoms with E-state index in [0.717, 1.165) is 0 Å². The maximum atomic E-state index is 11.3. The second kappa shape index (κ2) is 6.69. The Morgan fingerprint density at radius 2 is 2.26 bits per heavy atom. The van der Waals surface area contributed by atoms with Gasteiger partial charge in [-0.1, -0.05) is 11.6 Å². The highest BCUT2D eigenvalue weighted by molar-refractivity contribution is 6.36. The van der Waals surface area contributed by atoms with Crippen molar-refractivity contribution in [2.75, 3.05) is 12.0 Å². The Balaban J connectivity index is 2.87. The number of halogens is 1. The zero-order valence-corrected chi connectivity index (χ0v) is 11.1. The Bertz CT molecular complexity index is 531. The number of benzene rings is 1. The van der Waals surface area contributed by atoms with E-state index in [-0.39, 0.29) is 28.7 Å². The minimum Gasteiger partial charge on any atom is -0.461 e. The second-order valence-electron chi connectivity index (χ2n) is 3.45. The number of esters is 1. The molecule has 0 fully saturated rings. The molecule has 102 valence electrons. The summed E-state index contributed by atoms with van der Waals surface area (Å²) in [5, 5.41) is 14.6. The van der Waals surface area contributed by atoms with Crippen LogP contribution in [0.25, 0.3) is 0 Å². The monoisotopic (exact) mass is 285 g/mol. The molecule has 0 amide bonds. The Hall–Kier alpha value is -2.15. The Morgan fingerprint density at radius 3 is 2.84 bits per heavy atom. The zero-order valence-electron chi connectivity index (χ0n) is 10.3. The van der Waals surface area contributed by atoms with Crippen LogP contribution in [0.4, 0.5) is 11.4 Å². The lowest BCUT2D eigenvalue weighted by molar-refractivity contribution is -0.384. The Morgan fingerprint density at radius 1 is 1.58 bits per heavy atom. The predicted molar refractivity (Wildman–Crippen MR) is 71.5 cm³/mol. The minimum atomic E-state index is -0.573. The SMILES string of the molecule is CCOC(=O)C(C)=NNc1cc([N+](=O)[O-])ccc1Cl. The number of nitro benzene ring substituents is 1. The molecule has 0 heterocycles. The van der Waals surface area contributed by atoms with E-state index in [1.54, 1.807) is 6.92 Å². The molecule has 1 rings (SSSR count). The third kappa shape index (κ3) is 4.22. The first-order chi connectivity index (χ1) is 8.95. The third-order valence-electron chi connectivity index (χ3n) is 2.08. The smallest absolute Gasteiger partial charge is 0.354 e. The van der Waals surface area contributed by atoms with Gasteiger partial charge in [-0.05, 0) is 19.9 Å². The van der Waals surface area contributed by atoms with Crippen molar-refractivity contribution < 1.29 is 14.5 Å². The van der Waals surface area contributed by atoms with Crippen molar-refractivity contribution in [1.29, 1.82) is 0 Å². The molecule has 0 bridgehead atoms. The van der Waals surface area contributed by atoms with Gasteiger partial charge in [0, 0.05) is 12.1 Å². The van der Waals surface area contributed by atoms with Gasteiger partial charge in [0.15, 0.2) is 0 Å². The number of nitrogens with one attached hydrogen (secondary N) is 1. The van der Waals surface area contributed by atoms with Crippen LogP contribution in [0.1, 0.15) is 13.8 Å². The number of rotatable bonds is 5. The molecule has 0 aliphatic rings. The molecule has 7 nitrogen and oxygen atoms in total. The molecule has 1 aromatic rings. The lowest BCUT2D eigenvalue weighted by atomic mass is 10.3. The summed E-state index contributed by atoms with van der Waals surface area (Å²) in [6.07, 6.45) is 0. The number of ether oxygens (including phenoxy) is 1. The van der Waals surface area contributed by atoms with E-state index in [1.165, 1.54) is 25.1 Å². The van der Waals surface area contributed by atoms with Crippen LogP contribution in [0.15, 0.2) is 23.3 Å². The van der Waals surface area contributed by atoms with Gasteiger partial charge in [0.25, 0.3) is 5.69 Å². The predicted octanol–water partition coefficient (Wildman–Crippen LogP) is 2.60. The number of hydrazone groups is 1. The van der Waals surface area contributed by atoms with Crippen LogP contribution < -0.4 is 5.43 Å². The number of hydrogen-bond donors (Lipinski definition) is 1. The number of anilines is 1. The van der Waals surface area contributed by atoms with E-state index in [1.807, 2.05) is 0 Å². The lowest BCUT2D eigenvalue weighted by Crippen LogP contribution is -2.15. The highest BCUT2D eigenvalue weighted by Gasteiger charge is 2.10. The van der Waals surface area contributed by atoms with Crippen LogP contribution in [0.3, 0.4) is 0 Å². The largest absolute Gasteiger partial charge is 0.461 e. The molecule has 8 heteroatoms. The van der Waals surface area contributed by atoms with Gasteiger partial charge in [0.05, 0.1) is 22.2 Å². The highest BCUT2D eigenvalue weighted by Crippen LogP contribution is 2.26. The molecule has 0 atom stereocenters. The third-order valence-corrected chi connectivity index (χ3v) is 2.41. The molecule has 0 saturated heterocycles. The Kier molecular flexibility index (Phi) is 5.25. The van der Waals surface area contributed by atoms with E-state index in [0.29, 0.717) is 0 Å². The number of carbonyl (C=O) groups is 1.